The zero-order chi connectivity index (χ0) is 16.6. The quantitative estimate of drug-likeness (QED) is 0.649. The summed E-state index contributed by atoms with van der Waals surface area (Å²) in [6, 6.07) is 7.53. The number of hydrogen-bond acceptors (Lipinski definition) is 2. The molecule has 7 heteroatoms. The Bertz CT molecular complexity index is 854. The number of halogens is 5. The second-order valence-electron chi connectivity index (χ2n) is 4.87. The molecule has 0 aliphatic heterocycles. The van der Waals surface area contributed by atoms with Gasteiger partial charge in [0.25, 0.3) is 0 Å². The molecule has 0 saturated heterocycles. The molecule has 23 heavy (non-hydrogen) atoms. The van der Waals surface area contributed by atoms with Crippen LogP contribution in [0, 0.1) is 11.6 Å². The highest BCUT2D eigenvalue weighted by Crippen LogP contribution is 2.33. The third kappa shape index (κ3) is 3.23. The number of pyridine rings is 1. The number of benzene rings is 2. The Morgan fingerprint density at radius 1 is 0.870 bits per heavy atom. The lowest BCUT2D eigenvalue weighted by Crippen LogP contribution is -2.04. The van der Waals surface area contributed by atoms with Crippen LogP contribution in [0.2, 0.25) is 0 Å². The molecule has 0 amide bonds. The second-order valence-corrected chi connectivity index (χ2v) is 4.87. The van der Waals surface area contributed by atoms with Gasteiger partial charge < -0.3 is 5.32 Å². The fourth-order valence-corrected chi connectivity index (χ4v) is 2.21. The van der Waals surface area contributed by atoms with Crippen LogP contribution in [0.3, 0.4) is 0 Å². The number of nitrogens with one attached hydrogen (secondary N) is 1. The summed E-state index contributed by atoms with van der Waals surface area (Å²) in [5, 5.41) is 3.19. The Morgan fingerprint density at radius 3 is 2.22 bits per heavy atom. The van der Waals surface area contributed by atoms with E-state index in [2.05, 4.69) is 10.3 Å². The molecular formula is C16H9F5N2. The molecule has 0 aliphatic rings. The number of hydrogen-bond donors (Lipinski definition) is 1. The van der Waals surface area contributed by atoms with Gasteiger partial charge in [0.15, 0.2) is 0 Å². The van der Waals surface area contributed by atoms with E-state index in [1.807, 2.05) is 0 Å². The summed E-state index contributed by atoms with van der Waals surface area (Å²) in [7, 11) is 0. The highest BCUT2D eigenvalue weighted by molar-refractivity contribution is 5.93. The highest BCUT2D eigenvalue weighted by atomic mass is 19.4. The molecule has 0 atom stereocenters. The van der Waals surface area contributed by atoms with E-state index in [4.69, 9.17) is 0 Å². The predicted molar refractivity (Wildman–Crippen MR) is 76.4 cm³/mol. The van der Waals surface area contributed by atoms with E-state index in [-0.39, 0.29) is 11.2 Å². The monoisotopic (exact) mass is 324 g/mol. The van der Waals surface area contributed by atoms with Gasteiger partial charge in [-0.15, -0.1) is 0 Å². The van der Waals surface area contributed by atoms with Crippen LogP contribution in [0.4, 0.5) is 33.3 Å². The van der Waals surface area contributed by atoms with E-state index in [1.54, 1.807) is 0 Å². The van der Waals surface area contributed by atoms with E-state index in [1.165, 1.54) is 18.3 Å². The molecule has 1 aromatic heterocycles. The minimum atomic E-state index is -4.47. The lowest BCUT2D eigenvalue weighted by molar-refractivity contribution is -0.137. The molecule has 2 aromatic carbocycles. The largest absolute Gasteiger partial charge is 0.416 e. The third-order valence-electron chi connectivity index (χ3n) is 3.21. The number of nitrogens with zero attached hydrogens (tertiary/aromatic N) is 1. The maximum Gasteiger partial charge on any atom is 0.416 e. The van der Waals surface area contributed by atoms with Crippen molar-refractivity contribution in [1.82, 2.24) is 4.98 Å². The first kappa shape index (κ1) is 15.2. The van der Waals surface area contributed by atoms with Gasteiger partial charge in [0.2, 0.25) is 0 Å². The maximum atomic E-state index is 13.2. The van der Waals surface area contributed by atoms with Gasteiger partial charge >= 0.3 is 6.18 Å². The van der Waals surface area contributed by atoms with Crippen LogP contribution < -0.4 is 5.32 Å². The fraction of sp³-hybridized carbons (Fsp3) is 0.0625. The van der Waals surface area contributed by atoms with Crippen molar-refractivity contribution in [3.63, 3.8) is 0 Å². The minimum Gasteiger partial charge on any atom is -0.355 e. The van der Waals surface area contributed by atoms with Gasteiger partial charge in [-0.1, -0.05) is 6.07 Å². The molecule has 0 bridgehead atoms. The smallest absolute Gasteiger partial charge is 0.355 e. The summed E-state index contributed by atoms with van der Waals surface area (Å²) >= 11 is 0. The summed E-state index contributed by atoms with van der Waals surface area (Å²) in [5.74, 6) is -1.52. The van der Waals surface area contributed by atoms with E-state index in [0.717, 1.165) is 30.3 Å². The third-order valence-corrected chi connectivity index (χ3v) is 3.21. The number of anilines is 2. The Kier molecular flexibility index (Phi) is 3.63. The van der Waals surface area contributed by atoms with E-state index in [9.17, 15) is 22.0 Å². The Labute approximate surface area is 127 Å². The van der Waals surface area contributed by atoms with Gasteiger partial charge in [0.1, 0.15) is 11.6 Å². The molecule has 0 unspecified atom stereocenters. The zero-order valence-corrected chi connectivity index (χ0v) is 11.5. The van der Waals surface area contributed by atoms with Crippen LogP contribution in [0.5, 0.6) is 0 Å². The molecule has 0 fully saturated rings. The summed E-state index contributed by atoms with van der Waals surface area (Å²) < 4.78 is 64.6. The number of alkyl halides is 3. The Hall–Kier alpha value is -2.70. The first-order chi connectivity index (χ1) is 10.8. The lowest BCUT2D eigenvalue weighted by Gasteiger charge is -2.12. The van der Waals surface area contributed by atoms with E-state index < -0.39 is 23.4 Å². The van der Waals surface area contributed by atoms with E-state index in [0.29, 0.717) is 11.1 Å². The summed E-state index contributed by atoms with van der Waals surface area (Å²) in [6.07, 6.45) is -3.15. The van der Waals surface area contributed by atoms with Gasteiger partial charge in [-0.25, -0.2) is 8.78 Å². The average molecular weight is 324 g/mol. The van der Waals surface area contributed by atoms with Crippen molar-refractivity contribution in [1.29, 1.82) is 0 Å². The number of aromatic nitrogens is 1. The SMILES string of the molecule is Fc1cc(F)cc(Nc2ccnc3cc(C(F)(F)F)ccc23)c1. The van der Waals surface area contributed by atoms with Crippen molar-refractivity contribution in [2.45, 2.75) is 6.18 Å². The van der Waals surface area contributed by atoms with Crippen LogP contribution in [0.25, 0.3) is 10.9 Å². The molecule has 0 saturated carbocycles. The molecule has 0 aliphatic carbocycles. The summed E-state index contributed by atoms with van der Waals surface area (Å²) in [4.78, 5) is 3.90. The topological polar surface area (TPSA) is 24.9 Å². The molecular weight excluding hydrogens is 315 g/mol. The van der Waals surface area contributed by atoms with Crippen LogP contribution in [0.1, 0.15) is 5.56 Å². The average Bonchev–Trinajstić information content (AvgIpc) is 2.45. The van der Waals surface area contributed by atoms with Crippen LogP contribution in [-0.2, 0) is 6.18 Å². The van der Waals surface area contributed by atoms with Crippen molar-refractivity contribution in [2.75, 3.05) is 5.32 Å². The van der Waals surface area contributed by atoms with Crippen LogP contribution >= 0.6 is 0 Å². The van der Waals surface area contributed by atoms with Gasteiger partial charge in [-0.3, -0.25) is 4.98 Å². The Balaban J connectivity index is 2.04. The van der Waals surface area contributed by atoms with Crippen molar-refractivity contribution in [2.24, 2.45) is 0 Å². The van der Waals surface area contributed by atoms with Crippen LogP contribution in [-0.4, -0.2) is 4.98 Å². The van der Waals surface area contributed by atoms with Crippen molar-refractivity contribution in [3.05, 3.63) is 65.9 Å². The molecule has 1 heterocycles. The summed E-state index contributed by atoms with van der Waals surface area (Å²) in [6.45, 7) is 0. The molecule has 1 N–H and O–H groups in total. The molecule has 2 nitrogen and oxygen atoms in total. The van der Waals surface area contributed by atoms with Gasteiger partial charge in [0, 0.05) is 29.0 Å². The first-order valence-corrected chi connectivity index (χ1v) is 6.52. The van der Waals surface area contributed by atoms with Gasteiger partial charge in [0.05, 0.1) is 11.1 Å². The second kappa shape index (κ2) is 5.49. The normalized spacial score (nSPS) is 11.7. The highest BCUT2D eigenvalue weighted by Gasteiger charge is 2.30. The maximum absolute atomic E-state index is 13.2. The standard InChI is InChI=1S/C16H9F5N2/c17-10-6-11(18)8-12(7-10)23-14-3-4-22-15-5-9(16(19,20)21)1-2-13(14)15/h1-8H,(H,22,23). The van der Waals surface area contributed by atoms with Crippen molar-refractivity contribution >= 4 is 22.3 Å². The van der Waals surface area contributed by atoms with Crippen LogP contribution in [0.15, 0.2) is 48.7 Å². The molecule has 3 rings (SSSR count). The zero-order valence-electron chi connectivity index (χ0n) is 11.5. The number of rotatable bonds is 2. The first-order valence-electron chi connectivity index (χ1n) is 6.52. The molecule has 0 spiro atoms. The van der Waals surface area contributed by atoms with Gasteiger partial charge in [-0.2, -0.15) is 13.2 Å². The predicted octanol–water partition coefficient (Wildman–Crippen LogP) is 5.28. The number of fused-ring (bicyclic) bond motifs is 1. The molecule has 3 aromatic rings. The van der Waals surface area contributed by atoms with Gasteiger partial charge in [-0.05, 0) is 30.3 Å². The lowest BCUT2D eigenvalue weighted by atomic mass is 10.1. The van der Waals surface area contributed by atoms with Crippen molar-refractivity contribution < 1.29 is 22.0 Å². The van der Waals surface area contributed by atoms with E-state index >= 15 is 0 Å². The summed E-state index contributed by atoms with van der Waals surface area (Å²) in [5.41, 5.74) is -0.142. The molecule has 118 valence electrons. The minimum absolute atomic E-state index is 0.127. The molecule has 0 radical (unpaired) electrons. The Morgan fingerprint density at radius 2 is 1.57 bits per heavy atom. The van der Waals surface area contributed by atoms with Crippen molar-refractivity contribution in [3.8, 4) is 0 Å². The fourth-order valence-electron chi connectivity index (χ4n) is 2.21.